The van der Waals surface area contributed by atoms with E-state index in [0.717, 1.165) is 15.0 Å². The van der Waals surface area contributed by atoms with Gasteiger partial charge in [-0.05, 0) is 34.7 Å². The zero-order valence-electron chi connectivity index (χ0n) is 7.16. The van der Waals surface area contributed by atoms with E-state index in [9.17, 15) is 0 Å². The minimum Gasteiger partial charge on any atom is -0.340 e. The molecular weight excluding hydrogens is 289 g/mol. The first-order valence-corrected chi connectivity index (χ1v) is 5.08. The molecule has 0 bridgehead atoms. The van der Waals surface area contributed by atoms with Gasteiger partial charge < -0.3 is 4.98 Å². The van der Waals surface area contributed by atoms with Gasteiger partial charge >= 0.3 is 0 Å². The predicted molar refractivity (Wildman–Crippen MR) is 61.5 cm³/mol. The first kappa shape index (κ1) is 9.21. The van der Waals surface area contributed by atoms with Gasteiger partial charge in [0.05, 0.1) is 18.0 Å². The summed E-state index contributed by atoms with van der Waals surface area (Å²) in [6, 6.07) is 9.47. The van der Waals surface area contributed by atoms with E-state index in [0.29, 0.717) is 5.56 Å². The van der Waals surface area contributed by atoms with Crippen LogP contribution in [0.1, 0.15) is 5.56 Å². The van der Waals surface area contributed by atoms with Crippen LogP contribution in [-0.2, 0) is 0 Å². The second-order valence-corrected chi connectivity index (χ2v) is 3.83. The van der Waals surface area contributed by atoms with Crippen molar-refractivity contribution in [3.63, 3.8) is 0 Å². The van der Waals surface area contributed by atoms with Crippen LogP contribution in [0.2, 0.25) is 0 Å². The van der Waals surface area contributed by atoms with Crippen LogP contribution in [0.25, 0.3) is 11.3 Å². The summed E-state index contributed by atoms with van der Waals surface area (Å²) in [5.41, 5.74) is 2.61. The maximum absolute atomic E-state index is 8.64. The molecule has 0 aliphatic rings. The standard InChI is InChI=1S/C10H6IN3/c11-10-9(13-6-14-10)8-3-1-7(5-12)2-4-8/h1-4,6H,(H,13,14). The summed E-state index contributed by atoms with van der Waals surface area (Å²) < 4.78 is 1.01. The van der Waals surface area contributed by atoms with Gasteiger partial charge in [-0.1, -0.05) is 12.1 Å². The fourth-order valence-corrected chi connectivity index (χ4v) is 1.77. The highest BCUT2D eigenvalue weighted by atomic mass is 127. The quantitative estimate of drug-likeness (QED) is 0.822. The van der Waals surface area contributed by atoms with Crippen LogP contribution in [0, 0.1) is 15.0 Å². The van der Waals surface area contributed by atoms with Gasteiger partial charge in [0.25, 0.3) is 0 Å². The molecule has 0 aliphatic carbocycles. The largest absolute Gasteiger partial charge is 0.340 e. The third-order valence-corrected chi connectivity index (χ3v) is 2.70. The third-order valence-electron chi connectivity index (χ3n) is 1.88. The average molecular weight is 295 g/mol. The van der Waals surface area contributed by atoms with E-state index in [1.54, 1.807) is 18.5 Å². The van der Waals surface area contributed by atoms with Crippen molar-refractivity contribution in [1.82, 2.24) is 9.97 Å². The molecule has 3 nitrogen and oxygen atoms in total. The molecule has 0 unspecified atom stereocenters. The topological polar surface area (TPSA) is 52.5 Å². The lowest BCUT2D eigenvalue weighted by Gasteiger charge is -1.96. The Morgan fingerprint density at radius 2 is 2.00 bits per heavy atom. The molecule has 1 N–H and O–H groups in total. The van der Waals surface area contributed by atoms with Crippen molar-refractivity contribution in [3.05, 3.63) is 39.9 Å². The number of halogens is 1. The van der Waals surface area contributed by atoms with Gasteiger partial charge in [0.15, 0.2) is 0 Å². The molecule has 68 valence electrons. The van der Waals surface area contributed by atoms with E-state index in [4.69, 9.17) is 5.26 Å². The fraction of sp³-hybridized carbons (Fsp3) is 0. The van der Waals surface area contributed by atoms with E-state index >= 15 is 0 Å². The molecule has 1 aromatic heterocycles. The molecule has 4 heteroatoms. The lowest BCUT2D eigenvalue weighted by molar-refractivity contribution is 1.30. The zero-order chi connectivity index (χ0) is 9.97. The molecule has 0 saturated carbocycles. The Labute approximate surface area is 94.9 Å². The molecule has 2 rings (SSSR count). The Kier molecular flexibility index (Phi) is 2.50. The minimum absolute atomic E-state index is 0.666. The van der Waals surface area contributed by atoms with Gasteiger partial charge in [-0.15, -0.1) is 0 Å². The number of H-pyrrole nitrogens is 1. The first-order valence-electron chi connectivity index (χ1n) is 4.00. The van der Waals surface area contributed by atoms with Crippen molar-refractivity contribution in [3.8, 4) is 17.3 Å². The van der Waals surface area contributed by atoms with Gasteiger partial charge in [-0.2, -0.15) is 5.26 Å². The predicted octanol–water partition coefficient (Wildman–Crippen LogP) is 2.55. The van der Waals surface area contributed by atoms with E-state index < -0.39 is 0 Å². The van der Waals surface area contributed by atoms with Gasteiger partial charge in [-0.25, -0.2) is 4.98 Å². The van der Waals surface area contributed by atoms with Gasteiger partial charge in [-0.3, -0.25) is 0 Å². The van der Waals surface area contributed by atoms with Crippen molar-refractivity contribution in [2.24, 2.45) is 0 Å². The molecule has 0 amide bonds. The molecule has 1 heterocycles. The monoisotopic (exact) mass is 295 g/mol. The van der Waals surface area contributed by atoms with E-state index in [2.05, 4.69) is 38.6 Å². The molecular formula is C10H6IN3. The molecule has 2 aromatic rings. The molecule has 0 spiro atoms. The van der Waals surface area contributed by atoms with E-state index in [-0.39, 0.29) is 0 Å². The summed E-state index contributed by atoms with van der Waals surface area (Å²) in [5, 5.41) is 8.64. The van der Waals surface area contributed by atoms with E-state index in [1.807, 2.05) is 12.1 Å². The Bertz CT molecular complexity index is 479. The SMILES string of the molecule is N#Cc1ccc(-c2nc[nH]c2I)cc1. The van der Waals surface area contributed by atoms with Crippen LogP contribution in [-0.4, -0.2) is 9.97 Å². The Balaban J connectivity index is 2.45. The normalized spacial score (nSPS) is 9.71. The number of nitriles is 1. The van der Waals surface area contributed by atoms with Gasteiger partial charge in [0.1, 0.15) is 9.39 Å². The Morgan fingerprint density at radius 1 is 1.29 bits per heavy atom. The summed E-state index contributed by atoms with van der Waals surface area (Å²) >= 11 is 2.19. The van der Waals surface area contributed by atoms with Crippen molar-refractivity contribution in [2.45, 2.75) is 0 Å². The third kappa shape index (κ3) is 1.63. The van der Waals surface area contributed by atoms with Crippen LogP contribution >= 0.6 is 22.6 Å². The second kappa shape index (κ2) is 3.80. The second-order valence-electron chi connectivity index (χ2n) is 2.75. The molecule has 0 aliphatic heterocycles. The summed E-state index contributed by atoms with van der Waals surface area (Å²) in [7, 11) is 0. The molecule has 14 heavy (non-hydrogen) atoms. The smallest absolute Gasteiger partial charge is 0.105 e. The van der Waals surface area contributed by atoms with Crippen LogP contribution in [0.4, 0.5) is 0 Å². The number of aromatic nitrogens is 2. The molecule has 0 atom stereocenters. The number of hydrogen-bond donors (Lipinski definition) is 1. The van der Waals surface area contributed by atoms with Crippen LogP contribution < -0.4 is 0 Å². The lowest BCUT2D eigenvalue weighted by Crippen LogP contribution is -1.81. The van der Waals surface area contributed by atoms with Gasteiger partial charge in [0, 0.05) is 5.56 Å². The number of nitrogens with one attached hydrogen (secondary N) is 1. The number of imidazole rings is 1. The Morgan fingerprint density at radius 3 is 2.50 bits per heavy atom. The number of hydrogen-bond acceptors (Lipinski definition) is 2. The maximum atomic E-state index is 8.64. The van der Waals surface area contributed by atoms with Crippen LogP contribution in [0.15, 0.2) is 30.6 Å². The van der Waals surface area contributed by atoms with Gasteiger partial charge in [0.2, 0.25) is 0 Å². The van der Waals surface area contributed by atoms with E-state index in [1.165, 1.54) is 0 Å². The highest BCUT2D eigenvalue weighted by Gasteiger charge is 2.04. The van der Waals surface area contributed by atoms with Crippen molar-refractivity contribution >= 4 is 22.6 Å². The summed E-state index contributed by atoms with van der Waals surface area (Å²) in [6.45, 7) is 0. The van der Waals surface area contributed by atoms with Crippen molar-refractivity contribution < 1.29 is 0 Å². The van der Waals surface area contributed by atoms with Crippen molar-refractivity contribution in [1.29, 1.82) is 5.26 Å². The van der Waals surface area contributed by atoms with Crippen molar-refractivity contribution in [2.75, 3.05) is 0 Å². The molecule has 0 radical (unpaired) electrons. The maximum Gasteiger partial charge on any atom is 0.105 e. The number of aromatic amines is 1. The first-order chi connectivity index (χ1) is 6.81. The minimum atomic E-state index is 0.666. The van der Waals surface area contributed by atoms with Crippen LogP contribution in [0.5, 0.6) is 0 Å². The molecule has 0 fully saturated rings. The van der Waals surface area contributed by atoms with Crippen LogP contribution in [0.3, 0.4) is 0 Å². The Hall–Kier alpha value is -1.35. The highest BCUT2D eigenvalue weighted by molar-refractivity contribution is 14.1. The summed E-state index contributed by atoms with van der Waals surface area (Å²) in [6.07, 6.45) is 1.66. The summed E-state index contributed by atoms with van der Waals surface area (Å²) in [4.78, 5) is 7.20. The molecule has 0 saturated heterocycles. The zero-order valence-corrected chi connectivity index (χ0v) is 9.32. The average Bonchev–Trinajstić information content (AvgIpc) is 2.65. The number of rotatable bonds is 1. The fourth-order valence-electron chi connectivity index (χ4n) is 1.18. The highest BCUT2D eigenvalue weighted by Crippen LogP contribution is 2.21. The lowest BCUT2D eigenvalue weighted by atomic mass is 10.1. The number of benzene rings is 1. The number of nitrogens with zero attached hydrogens (tertiary/aromatic N) is 2. The summed E-state index contributed by atoms with van der Waals surface area (Å²) in [5.74, 6) is 0. The molecule has 1 aromatic carbocycles.